The number of nitrogens with zero attached hydrogens (tertiary/aromatic N) is 1. The van der Waals surface area contributed by atoms with Gasteiger partial charge < -0.3 is 5.11 Å². The SMILES string of the molecule is CN1[C@H]2CC[C@@H]1[C@](O)(c1ccccc1)[C@@H](c1ccccc1)C2. The fraction of sp³-hybridized carbons (Fsp3) is 0.400. The van der Waals surface area contributed by atoms with E-state index >= 15 is 0 Å². The van der Waals surface area contributed by atoms with Crippen molar-refractivity contribution in [3.8, 4) is 0 Å². The van der Waals surface area contributed by atoms with Gasteiger partial charge in [-0.3, -0.25) is 4.90 Å². The number of aliphatic hydroxyl groups is 1. The van der Waals surface area contributed by atoms with Crippen LogP contribution in [0.5, 0.6) is 0 Å². The summed E-state index contributed by atoms with van der Waals surface area (Å²) in [5, 5.41) is 11.9. The van der Waals surface area contributed by atoms with Crippen LogP contribution in [-0.4, -0.2) is 29.1 Å². The quantitative estimate of drug-likeness (QED) is 0.915. The van der Waals surface area contributed by atoms with Crippen molar-refractivity contribution in [2.75, 3.05) is 7.05 Å². The van der Waals surface area contributed by atoms with E-state index in [1.165, 1.54) is 12.0 Å². The van der Waals surface area contributed by atoms with Crippen LogP contribution in [0.1, 0.15) is 36.3 Å². The summed E-state index contributed by atoms with van der Waals surface area (Å²) in [6, 6.07) is 21.6. The molecule has 0 aromatic heterocycles. The number of piperidine rings is 1. The molecule has 4 rings (SSSR count). The summed E-state index contributed by atoms with van der Waals surface area (Å²) in [5.41, 5.74) is 1.52. The van der Waals surface area contributed by atoms with Crippen LogP contribution in [0.4, 0.5) is 0 Å². The average molecular weight is 293 g/mol. The predicted molar refractivity (Wildman–Crippen MR) is 88.7 cm³/mol. The Hall–Kier alpha value is -1.64. The molecular formula is C20H23NO. The van der Waals surface area contributed by atoms with Crippen molar-refractivity contribution >= 4 is 0 Å². The van der Waals surface area contributed by atoms with Crippen LogP contribution in [0.2, 0.25) is 0 Å². The summed E-state index contributed by atoms with van der Waals surface area (Å²) in [6.07, 6.45) is 3.30. The fourth-order valence-electron chi connectivity index (χ4n) is 4.68. The van der Waals surface area contributed by atoms with Crippen molar-refractivity contribution in [1.29, 1.82) is 0 Å². The average Bonchev–Trinajstić information content (AvgIpc) is 2.85. The molecule has 114 valence electrons. The van der Waals surface area contributed by atoms with Crippen molar-refractivity contribution in [2.45, 2.75) is 42.9 Å². The molecule has 2 heterocycles. The normalized spacial score (nSPS) is 34.7. The number of fused-ring (bicyclic) bond motifs is 2. The van der Waals surface area contributed by atoms with E-state index in [1.54, 1.807) is 0 Å². The maximum absolute atomic E-state index is 11.9. The number of likely N-dealkylation sites (N-methyl/N-ethyl adjacent to an activating group) is 1. The zero-order valence-electron chi connectivity index (χ0n) is 13.0. The van der Waals surface area contributed by atoms with Crippen molar-refractivity contribution in [2.24, 2.45) is 0 Å². The zero-order chi connectivity index (χ0) is 15.2. The molecule has 2 saturated heterocycles. The lowest BCUT2D eigenvalue weighted by Gasteiger charge is -2.50. The zero-order valence-corrected chi connectivity index (χ0v) is 13.0. The third-order valence-corrected chi connectivity index (χ3v) is 5.83. The molecule has 0 saturated carbocycles. The van der Waals surface area contributed by atoms with Crippen LogP contribution in [-0.2, 0) is 5.60 Å². The number of rotatable bonds is 2. The lowest BCUT2D eigenvalue weighted by atomic mass is 9.69. The first-order valence-corrected chi connectivity index (χ1v) is 8.26. The number of benzene rings is 2. The second-order valence-electron chi connectivity index (χ2n) is 6.80. The van der Waals surface area contributed by atoms with Gasteiger partial charge in [-0.05, 0) is 37.4 Å². The molecule has 2 bridgehead atoms. The molecule has 22 heavy (non-hydrogen) atoms. The molecule has 4 atom stereocenters. The van der Waals surface area contributed by atoms with Gasteiger partial charge in [-0.2, -0.15) is 0 Å². The number of hydrogen-bond acceptors (Lipinski definition) is 2. The Morgan fingerprint density at radius 3 is 2.27 bits per heavy atom. The van der Waals surface area contributed by atoms with E-state index in [0.29, 0.717) is 6.04 Å². The molecule has 0 radical (unpaired) electrons. The van der Waals surface area contributed by atoms with Gasteiger partial charge in [0.1, 0.15) is 5.60 Å². The fourth-order valence-corrected chi connectivity index (χ4v) is 4.68. The van der Waals surface area contributed by atoms with Crippen molar-refractivity contribution in [3.63, 3.8) is 0 Å². The van der Waals surface area contributed by atoms with Crippen LogP contribution in [0, 0.1) is 0 Å². The van der Waals surface area contributed by atoms with E-state index in [9.17, 15) is 5.11 Å². The Bertz CT molecular complexity index is 641. The largest absolute Gasteiger partial charge is 0.383 e. The summed E-state index contributed by atoms with van der Waals surface area (Å²) in [5.74, 6) is 0.171. The highest BCUT2D eigenvalue weighted by molar-refractivity contribution is 5.35. The topological polar surface area (TPSA) is 23.5 Å². The van der Waals surface area contributed by atoms with Crippen LogP contribution in [0.15, 0.2) is 60.7 Å². The van der Waals surface area contributed by atoms with Crippen molar-refractivity contribution < 1.29 is 5.11 Å². The molecule has 0 amide bonds. The van der Waals surface area contributed by atoms with Gasteiger partial charge in [0.2, 0.25) is 0 Å². The van der Waals surface area contributed by atoms with E-state index in [-0.39, 0.29) is 12.0 Å². The first-order valence-electron chi connectivity index (χ1n) is 8.26. The van der Waals surface area contributed by atoms with E-state index in [4.69, 9.17) is 0 Å². The molecule has 0 aliphatic carbocycles. The van der Waals surface area contributed by atoms with Gasteiger partial charge in [0, 0.05) is 18.0 Å². The molecule has 2 aromatic carbocycles. The van der Waals surface area contributed by atoms with Gasteiger partial charge in [-0.1, -0.05) is 60.7 Å². The Kier molecular flexibility index (Phi) is 3.32. The van der Waals surface area contributed by atoms with Crippen molar-refractivity contribution in [1.82, 2.24) is 4.90 Å². The highest BCUT2D eigenvalue weighted by Crippen LogP contribution is 2.53. The van der Waals surface area contributed by atoms with Gasteiger partial charge in [0.25, 0.3) is 0 Å². The molecule has 1 N–H and O–H groups in total. The first kappa shape index (κ1) is 14.0. The van der Waals surface area contributed by atoms with Gasteiger partial charge in [0.05, 0.1) is 0 Å². The van der Waals surface area contributed by atoms with Gasteiger partial charge in [0.15, 0.2) is 0 Å². The van der Waals surface area contributed by atoms with Crippen LogP contribution in [0.25, 0.3) is 0 Å². The highest BCUT2D eigenvalue weighted by Gasteiger charge is 2.55. The minimum atomic E-state index is -0.801. The second-order valence-corrected chi connectivity index (χ2v) is 6.80. The maximum Gasteiger partial charge on any atom is 0.112 e. The summed E-state index contributed by atoms with van der Waals surface area (Å²) in [4.78, 5) is 2.41. The first-order chi connectivity index (χ1) is 10.7. The van der Waals surface area contributed by atoms with E-state index < -0.39 is 5.60 Å². The van der Waals surface area contributed by atoms with Crippen molar-refractivity contribution in [3.05, 3.63) is 71.8 Å². The van der Waals surface area contributed by atoms with Gasteiger partial charge in [-0.25, -0.2) is 0 Å². The standard InChI is InChI=1S/C20H23NO/c1-21-17-12-13-19(21)20(22,16-10-6-3-7-11-16)18(14-17)15-8-4-2-5-9-15/h2-11,17-19,22H,12-14H2,1H3/t17-,18+,19+,20-/m0/s1. The molecule has 2 heteroatoms. The van der Waals surface area contributed by atoms with E-state index in [1.807, 2.05) is 18.2 Å². The summed E-state index contributed by atoms with van der Waals surface area (Å²) in [6.45, 7) is 0. The molecule has 0 unspecified atom stereocenters. The Morgan fingerprint density at radius 2 is 1.59 bits per heavy atom. The molecular weight excluding hydrogens is 270 g/mol. The molecule has 0 spiro atoms. The van der Waals surface area contributed by atoms with Crippen LogP contribution in [0.3, 0.4) is 0 Å². The third kappa shape index (κ3) is 1.94. The Labute approximate surface area is 132 Å². The summed E-state index contributed by atoms with van der Waals surface area (Å²) < 4.78 is 0. The lowest BCUT2D eigenvalue weighted by molar-refractivity contribution is -0.0913. The van der Waals surface area contributed by atoms with Crippen LogP contribution < -0.4 is 0 Å². The Balaban J connectivity index is 1.86. The summed E-state index contributed by atoms with van der Waals surface area (Å²) >= 11 is 0. The van der Waals surface area contributed by atoms with E-state index in [2.05, 4.69) is 54.4 Å². The minimum absolute atomic E-state index is 0.171. The molecule has 2 aromatic rings. The highest BCUT2D eigenvalue weighted by atomic mass is 16.3. The monoisotopic (exact) mass is 293 g/mol. The van der Waals surface area contributed by atoms with Crippen LogP contribution >= 0.6 is 0 Å². The van der Waals surface area contributed by atoms with Gasteiger partial charge >= 0.3 is 0 Å². The molecule has 2 aliphatic rings. The number of hydrogen-bond donors (Lipinski definition) is 1. The third-order valence-electron chi connectivity index (χ3n) is 5.83. The molecule has 2 nitrogen and oxygen atoms in total. The Morgan fingerprint density at radius 1 is 0.955 bits per heavy atom. The predicted octanol–water partition coefficient (Wildman–Crippen LogP) is 3.52. The maximum atomic E-state index is 11.9. The van der Waals surface area contributed by atoms with E-state index in [0.717, 1.165) is 18.4 Å². The lowest BCUT2D eigenvalue weighted by Crippen LogP contribution is -2.56. The molecule has 2 fully saturated rings. The van der Waals surface area contributed by atoms with Gasteiger partial charge in [-0.15, -0.1) is 0 Å². The molecule has 2 aliphatic heterocycles. The smallest absolute Gasteiger partial charge is 0.112 e. The summed E-state index contributed by atoms with van der Waals surface area (Å²) in [7, 11) is 2.18. The second kappa shape index (κ2) is 5.22. The minimum Gasteiger partial charge on any atom is -0.383 e.